The molecule has 1 aromatic heterocycles. The molecule has 0 aliphatic carbocycles. The predicted molar refractivity (Wildman–Crippen MR) is 73.8 cm³/mol. The lowest BCUT2D eigenvalue weighted by atomic mass is 10.2. The van der Waals surface area contributed by atoms with Crippen molar-refractivity contribution in [2.24, 2.45) is 0 Å². The van der Waals surface area contributed by atoms with E-state index in [1.165, 1.54) is 6.08 Å². The molecule has 1 heterocycles. The standard InChI is InChI=1S/C13H9ClO3S/c14-9-3-1-8(2-4-9)11-6-5-10(17-11)7-12(18)13(15)16/h1-7,18H,(H,15,16)/b12-7-. The zero-order chi connectivity index (χ0) is 13.1. The lowest BCUT2D eigenvalue weighted by Crippen LogP contribution is -1.92. The Balaban J connectivity index is 2.28. The van der Waals surface area contributed by atoms with Gasteiger partial charge in [-0.2, -0.15) is 0 Å². The molecule has 2 rings (SSSR count). The maximum atomic E-state index is 10.6. The summed E-state index contributed by atoms with van der Waals surface area (Å²) in [6.45, 7) is 0. The number of carbonyl (C=O) groups is 1. The molecule has 0 fully saturated rings. The minimum absolute atomic E-state index is 0.0768. The molecule has 0 spiro atoms. The second kappa shape index (κ2) is 5.33. The second-order valence-corrected chi connectivity index (χ2v) is 4.46. The monoisotopic (exact) mass is 280 g/mol. The van der Waals surface area contributed by atoms with Crippen LogP contribution in [-0.2, 0) is 4.79 Å². The van der Waals surface area contributed by atoms with Gasteiger partial charge in [0.2, 0.25) is 0 Å². The van der Waals surface area contributed by atoms with Gasteiger partial charge >= 0.3 is 5.97 Å². The van der Waals surface area contributed by atoms with Gasteiger partial charge in [-0.05, 0) is 36.4 Å². The fraction of sp³-hybridized carbons (Fsp3) is 0. The Morgan fingerprint density at radius 3 is 2.50 bits per heavy atom. The highest BCUT2D eigenvalue weighted by Gasteiger charge is 2.06. The molecule has 0 saturated heterocycles. The quantitative estimate of drug-likeness (QED) is 0.661. The predicted octanol–water partition coefficient (Wildman–Crippen LogP) is 3.96. The number of thiol groups is 1. The van der Waals surface area contributed by atoms with Crippen molar-refractivity contribution in [2.75, 3.05) is 0 Å². The van der Waals surface area contributed by atoms with Crippen LogP contribution in [0, 0.1) is 0 Å². The molecule has 0 saturated carbocycles. The Hall–Kier alpha value is -1.65. The van der Waals surface area contributed by atoms with Crippen molar-refractivity contribution >= 4 is 36.3 Å². The van der Waals surface area contributed by atoms with E-state index in [9.17, 15) is 4.79 Å². The molecule has 3 nitrogen and oxygen atoms in total. The maximum absolute atomic E-state index is 10.6. The Morgan fingerprint density at radius 1 is 1.22 bits per heavy atom. The number of benzene rings is 1. The summed E-state index contributed by atoms with van der Waals surface area (Å²) in [5.41, 5.74) is 0.870. The summed E-state index contributed by atoms with van der Waals surface area (Å²) in [6, 6.07) is 10.6. The van der Waals surface area contributed by atoms with Crippen molar-refractivity contribution in [3.8, 4) is 11.3 Å². The van der Waals surface area contributed by atoms with Gasteiger partial charge in [0.05, 0.1) is 4.91 Å². The molecule has 92 valence electrons. The molecule has 5 heteroatoms. The van der Waals surface area contributed by atoms with E-state index >= 15 is 0 Å². The molecule has 18 heavy (non-hydrogen) atoms. The largest absolute Gasteiger partial charge is 0.477 e. The van der Waals surface area contributed by atoms with Crippen LogP contribution >= 0.6 is 24.2 Å². The van der Waals surface area contributed by atoms with Crippen LogP contribution in [0.25, 0.3) is 17.4 Å². The number of carboxylic acid groups (broad SMARTS) is 1. The van der Waals surface area contributed by atoms with Crippen molar-refractivity contribution in [2.45, 2.75) is 0 Å². The van der Waals surface area contributed by atoms with E-state index in [0.29, 0.717) is 16.5 Å². The van der Waals surface area contributed by atoms with Gasteiger partial charge in [0.15, 0.2) is 0 Å². The summed E-state index contributed by atoms with van der Waals surface area (Å²) >= 11 is 9.62. The van der Waals surface area contributed by atoms with Crippen LogP contribution in [0.5, 0.6) is 0 Å². The molecule has 1 aromatic carbocycles. The zero-order valence-corrected chi connectivity index (χ0v) is 10.8. The summed E-state index contributed by atoms with van der Waals surface area (Å²) in [4.78, 5) is 10.5. The highest BCUT2D eigenvalue weighted by molar-refractivity contribution is 7.85. The van der Waals surface area contributed by atoms with E-state index in [2.05, 4.69) is 12.6 Å². The van der Waals surface area contributed by atoms with Gasteiger partial charge in [-0.25, -0.2) is 4.79 Å². The topological polar surface area (TPSA) is 50.4 Å². The van der Waals surface area contributed by atoms with Crippen LogP contribution in [0.3, 0.4) is 0 Å². The van der Waals surface area contributed by atoms with Gasteiger partial charge in [0.25, 0.3) is 0 Å². The highest BCUT2D eigenvalue weighted by Crippen LogP contribution is 2.25. The smallest absolute Gasteiger partial charge is 0.342 e. The minimum Gasteiger partial charge on any atom is -0.477 e. The van der Waals surface area contributed by atoms with Crippen LogP contribution in [0.2, 0.25) is 5.02 Å². The lowest BCUT2D eigenvalue weighted by Gasteiger charge is -1.96. The van der Waals surface area contributed by atoms with Crippen LogP contribution in [-0.4, -0.2) is 11.1 Å². The first-order valence-corrected chi connectivity index (χ1v) is 5.88. The van der Waals surface area contributed by atoms with Crippen molar-refractivity contribution in [1.29, 1.82) is 0 Å². The first-order valence-electron chi connectivity index (χ1n) is 5.06. The van der Waals surface area contributed by atoms with E-state index in [1.807, 2.05) is 12.1 Å². The molecular weight excluding hydrogens is 272 g/mol. The fourth-order valence-corrected chi connectivity index (χ4v) is 1.65. The van der Waals surface area contributed by atoms with Crippen molar-refractivity contribution < 1.29 is 14.3 Å². The maximum Gasteiger partial charge on any atom is 0.342 e. The van der Waals surface area contributed by atoms with Gasteiger partial charge in [-0.1, -0.05) is 11.6 Å². The first kappa shape index (κ1) is 12.8. The second-order valence-electron chi connectivity index (χ2n) is 3.54. The first-order chi connectivity index (χ1) is 8.56. The van der Waals surface area contributed by atoms with Crippen LogP contribution in [0.15, 0.2) is 45.7 Å². The molecule has 0 aliphatic rings. The average molecular weight is 281 g/mol. The number of hydrogen-bond acceptors (Lipinski definition) is 3. The van der Waals surface area contributed by atoms with E-state index in [1.54, 1.807) is 24.3 Å². The summed E-state index contributed by atoms with van der Waals surface area (Å²) in [5, 5.41) is 9.34. The summed E-state index contributed by atoms with van der Waals surface area (Å²) < 4.78 is 5.50. The summed E-state index contributed by atoms with van der Waals surface area (Å²) in [6.07, 6.45) is 1.35. The number of carboxylic acids is 1. The summed E-state index contributed by atoms with van der Waals surface area (Å²) in [7, 11) is 0. The van der Waals surface area contributed by atoms with E-state index in [0.717, 1.165) is 5.56 Å². The van der Waals surface area contributed by atoms with Gasteiger partial charge < -0.3 is 9.52 Å². The lowest BCUT2D eigenvalue weighted by molar-refractivity contribution is -0.131. The fourth-order valence-electron chi connectivity index (χ4n) is 1.40. The van der Waals surface area contributed by atoms with Crippen LogP contribution < -0.4 is 0 Å². The Bertz CT molecular complexity index is 599. The molecule has 2 aromatic rings. The third kappa shape index (κ3) is 2.97. The van der Waals surface area contributed by atoms with Crippen LogP contribution in [0.1, 0.15) is 5.76 Å². The van der Waals surface area contributed by atoms with Gasteiger partial charge in [-0.15, -0.1) is 12.6 Å². The number of halogens is 1. The molecule has 0 amide bonds. The Labute approximate surface area is 114 Å². The molecule has 0 radical (unpaired) electrons. The van der Waals surface area contributed by atoms with Crippen molar-refractivity contribution in [3.63, 3.8) is 0 Å². The number of furan rings is 1. The molecule has 1 N–H and O–H groups in total. The molecular formula is C13H9ClO3S. The summed E-state index contributed by atoms with van der Waals surface area (Å²) in [5.74, 6) is -0.0143. The van der Waals surface area contributed by atoms with Crippen molar-refractivity contribution in [1.82, 2.24) is 0 Å². The number of aliphatic carboxylic acids is 1. The average Bonchev–Trinajstić information content (AvgIpc) is 2.78. The molecule has 0 atom stereocenters. The van der Waals surface area contributed by atoms with Gasteiger partial charge in [-0.3, -0.25) is 0 Å². The molecule has 0 aliphatic heterocycles. The van der Waals surface area contributed by atoms with E-state index < -0.39 is 5.97 Å². The SMILES string of the molecule is O=C(O)/C(S)=C/c1ccc(-c2ccc(Cl)cc2)o1. The van der Waals surface area contributed by atoms with Crippen LogP contribution in [0.4, 0.5) is 0 Å². The third-order valence-electron chi connectivity index (χ3n) is 2.25. The third-order valence-corrected chi connectivity index (χ3v) is 2.83. The minimum atomic E-state index is -1.09. The molecule has 0 bridgehead atoms. The number of hydrogen-bond donors (Lipinski definition) is 2. The Morgan fingerprint density at radius 2 is 1.89 bits per heavy atom. The van der Waals surface area contributed by atoms with E-state index in [-0.39, 0.29) is 4.91 Å². The van der Waals surface area contributed by atoms with Gasteiger partial charge in [0, 0.05) is 16.7 Å². The van der Waals surface area contributed by atoms with E-state index in [4.69, 9.17) is 21.1 Å². The Kier molecular flexibility index (Phi) is 3.79. The highest BCUT2D eigenvalue weighted by atomic mass is 35.5. The zero-order valence-electron chi connectivity index (χ0n) is 9.13. The molecule has 0 unspecified atom stereocenters. The van der Waals surface area contributed by atoms with Crippen molar-refractivity contribution in [3.05, 3.63) is 52.1 Å². The normalized spacial score (nSPS) is 11.6. The van der Waals surface area contributed by atoms with Gasteiger partial charge in [0.1, 0.15) is 11.5 Å². The number of rotatable bonds is 3.